The Morgan fingerprint density at radius 1 is 0.738 bits per heavy atom. The van der Waals surface area contributed by atoms with E-state index in [0.717, 1.165) is 47.2 Å². The van der Waals surface area contributed by atoms with Crippen LogP contribution in [0.2, 0.25) is 0 Å². The third kappa shape index (κ3) is 3.35. The molecule has 2 nitrogen and oxygen atoms in total. The van der Waals surface area contributed by atoms with Crippen molar-refractivity contribution in [2.45, 2.75) is 29.6 Å². The molecule has 2 heterocycles. The van der Waals surface area contributed by atoms with Gasteiger partial charge in [-0.1, -0.05) is 121 Å². The van der Waals surface area contributed by atoms with Gasteiger partial charge >= 0.3 is 0 Å². The van der Waals surface area contributed by atoms with Gasteiger partial charge in [-0.2, -0.15) is 0 Å². The van der Waals surface area contributed by atoms with Crippen LogP contribution in [0.4, 0.5) is 0 Å². The third-order valence-electron chi connectivity index (χ3n) is 9.52. The van der Waals surface area contributed by atoms with Crippen molar-refractivity contribution in [1.29, 1.82) is 0 Å². The minimum Gasteiger partial charge on any atom is -0.228 e. The van der Waals surface area contributed by atoms with E-state index in [-0.39, 0.29) is 5.41 Å². The van der Waals surface area contributed by atoms with Gasteiger partial charge in [0.15, 0.2) is 5.82 Å². The minimum absolute atomic E-state index is 0.144. The lowest BCUT2D eigenvalue weighted by molar-refractivity contribution is 0.418. The molecule has 0 saturated heterocycles. The fourth-order valence-corrected chi connectivity index (χ4v) is 9.13. The van der Waals surface area contributed by atoms with E-state index in [9.17, 15) is 0 Å². The monoisotopic (exact) mass is 556 g/mol. The Hall–Kier alpha value is -4.47. The highest BCUT2D eigenvalue weighted by Gasteiger charge is 2.55. The summed E-state index contributed by atoms with van der Waals surface area (Å²) >= 11 is 1.97. The predicted octanol–water partition coefficient (Wildman–Crippen LogP) is 9.79. The van der Waals surface area contributed by atoms with E-state index in [1.54, 1.807) is 5.57 Å². The van der Waals surface area contributed by atoms with Gasteiger partial charge in [0, 0.05) is 21.8 Å². The van der Waals surface area contributed by atoms with Crippen LogP contribution < -0.4 is 0 Å². The zero-order chi connectivity index (χ0) is 27.7. The van der Waals surface area contributed by atoms with Gasteiger partial charge < -0.3 is 0 Å². The number of benzene rings is 4. The Labute approximate surface area is 250 Å². The molecule has 2 atom stereocenters. The molecule has 9 rings (SSSR count). The highest BCUT2D eigenvalue weighted by molar-refractivity contribution is 8.03. The molecule has 200 valence electrons. The van der Waals surface area contributed by atoms with E-state index < -0.39 is 0 Å². The smallest absolute Gasteiger partial charge is 0.160 e. The van der Waals surface area contributed by atoms with Gasteiger partial charge in [-0.3, -0.25) is 0 Å². The van der Waals surface area contributed by atoms with Crippen LogP contribution in [0.3, 0.4) is 0 Å². The van der Waals surface area contributed by atoms with Gasteiger partial charge in [-0.05, 0) is 75.8 Å². The third-order valence-corrected chi connectivity index (χ3v) is 10.8. The number of allylic oxidation sites excluding steroid dienone is 8. The van der Waals surface area contributed by atoms with Crippen LogP contribution >= 0.6 is 11.8 Å². The van der Waals surface area contributed by atoms with Crippen LogP contribution in [-0.2, 0) is 5.41 Å². The van der Waals surface area contributed by atoms with Gasteiger partial charge in [0.2, 0.25) is 0 Å². The van der Waals surface area contributed by atoms with E-state index in [1.807, 2.05) is 17.8 Å². The topological polar surface area (TPSA) is 25.8 Å². The zero-order valence-electron chi connectivity index (χ0n) is 23.1. The Morgan fingerprint density at radius 3 is 2.45 bits per heavy atom. The van der Waals surface area contributed by atoms with Crippen molar-refractivity contribution < 1.29 is 0 Å². The van der Waals surface area contributed by atoms with Gasteiger partial charge in [-0.15, -0.1) is 0 Å². The maximum absolute atomic E-state index is 5.25. The van der Waals surface area contributed by atoms with Crippen LogP contribution in [0.5, 0.6) is 0 Å². The highest BCUT2D eigenvalue weighted by Crippen LogP contribution is 2.66. The maximum Gasteiger partial charge on any atom is 0.160 e. The molecule has 42 heavy (non-hydrogen) atoms. The normalized spacial score (nSPS) is 21.9. The van der Waals surface area contributed by atoms with Crippen molar-refractivity contribution in [2.24, 2.45) is 5.92 Å². The SMILES string of the molecule is C1=CCC2C(=C1)Sc1ccccc1C21C2=C(C=C(c3nc(-c4ccccc4)nc4ccccc34)CC2)c2ccccc21. The number of nitrogens with zero attached hydrogens (tertiary/aromatic N) is 2. The molecule has 0 radical (unpaired) electrons. The molecule has 0 amide bonds. The largest absolute Gasteiger partial charge is 0.228 e. The molecule has 4 aliphatic rings. The Bertz CT molecular complexity index is 2050. The Kier molecular flexibility index (Phi) is 5.33. The fourth-order valence-electron chi connectivity index (χ4n) is 7.83. The summed E-state index contributed by atoms with van der Waals surface area (Å²) in [5.74, 6) is 1.20. The second kappa shape index (κ2) is 9.27. The summed E-state index contributed by atoms with van der Waals surface area (Å²) in [5.41, 5.74) is 11.5. The first-order valence-corrected chi connectivity index (χ1v) is 15.6. The van der Waals surface area contributed by atoms with Crippen LogP contribution in [0.15, 0.2) is 143 Å². The first-order valence-electron chi connectivity index (χ1n) is 14.8. The molecule has 3 aliphatic carbocycles. The number of fused-ring (bicyclic) bond motifs is 9. The molecule has 1 aromatic heterocycles. The zero-order valence-corrected chi connectivity index (χ0v) is 23.9. The summed E-state index contributed by atoms with van der Waals surface area (Å²) in [7, 11) is 0. The summed E-state index contributed by atoms with van der Waals surface area (Å²) in [6, 6.07) is 37.2. The fraction of sp³-hybridized carbons (Fsp3) is 0.128. The second-order valence-corrected chi connectivity index (χ2v) is 12.7. The minimum atomic E-state index is -0.144. The number of hydrogen-bond acceptors (Lipinski definition) is 3. The van der Waals surface area contributed by atoms with Crippen molar-refractivity contribution >= 4 is 33.8 Å². The van der Waals surface area contributed by atoms with Crippen LogP contribution in [-0.4, -0.2) is 9.97 Å². The van der Waals surface area contributed by atoms with E-state index in [4.69, 9.17) is 9.97 Å². The molecular weight excluding hydrogens is 529 g/mol. The van der Waals surface area contributed by atoms with E-state index in [0.29, 0.717) is 5.92 Å². The highest BCUT2D eigenvalue weighted by atomic mass is 32.2. The molecule has 2 unspecified atom stereocenters. The van der Waals surface area contributed by atoms with E-state index in [2.05, 4.69) is 121 Å². The maximum atomic E-state index is 5.25. The Balaban J connectivity index is 1.30. The van der Waals surface area contributed by atoms with Gasteiger partial charge in [-0.25, -0.2) is 9.97 Å². The van der Waals surface area contributed by atoms with Crippen molar-refractivity contribution in [3.8, 4) is 11.4 Å². The van der Waals surface area contributed by atoms with E-state index >= 15 is 0 Å². The van der Waals surface area contributed by atoms with Crippen molar-refractivity contribution in [3.05, 3.63) is 160 Å². The summed E-state index contributed by atoms with van der Waals surface area (Å²) in [6.07, 6.45) is 12.5. The second-order valence-electron chi connectivity index (χ2n) is 11.6. The van der Waals surface area contributed by atoms with Crippen molar-refractivity contribution in [1.82, 2.24) is 9.97 Å². The number of para-hydroxylation sites is 1. The summed E-state index contributed by atoms with van der Waals surface area (Å²) in [5, 5.41) is 1.12. The number of thioether (sulfide) groups is 1. The quantitative estimate of drug-likeness (QED) is 0.216. The standard InChI is InChI=1S/C39H28N2S/c1-2-12-25(13-3-1)38-40-34-19-9-5-15-28(34)37(41-38)26-22-23-31-29(24-26)27-14-4-6-16-30(27)39(31)32-17-7-10-20-35(32)42-36-21-11-8-18-33(36)39/h1-17,19-21,24,33H,18,22-23H2. The molecule has 0 bridgehead atoms. The average molecular weight is 557 g/mol. The molecule has 1 spiro atoms. The first kappa shape index (κ1) is 24.2. The van der Waals surface area contributed by atoms with Gasteiger partial charge in [0.1, 0.15) is 0 Å². The molecule has 3 heteroatoms. The van der Waals surface area contributed by atoms with Gasteiger partial charge in [0.05, 0.1) is 16.6 Å². The van der Waals surface area contributed by atoms with Crippen molar-refractivity contribution in [2.75, 3.05) is 0 Å². The molecule has 0 N–H and O–H groups in total. The van der Waals surface area contributed by atoms with Crippen LogP contribution in [0.1, 0.15) is 41.6 Å². The van der Waals surface area contributed by atoms with Crippen LogP contribution in [0, 0.1) is 5.92 Å². The molecule has 4 aromatic carbocycles. The number of rotatable bonds is 2. The Morgan fingerprint density at radius 2 is 1.52 bits per heavy atom. The average Bonchev–Trinajstić information content (AvgIpc) is 3.35. The molecular formula is C39H28N2S. The lowest BCUT2D eigenvalue weighted by atomic mass is 9.60. The van der Waals surface area contributed by atoms with Crippen molar-refractivity contribution in [3.63, 3.8) is 0 Å². The summed E-state index contributed by atoms with van der Waals surface area (Å²) < 4.78 is 0. The lowest BCUT2D eigenvalue weighted by Gasteiger charge is -2.48. The summed E-state index contributed by atoms with van der Waals surface area (Å²) in [4.78, 5) is 13.1. The molecule has 1 aliphatic heterocycles. The molecule has 0 fully saturated rings. The summed E-state index contributed by atoms with van der Waals surface area (Å²) in [6.45, 7) is 0. The number of aromatic nitrogens is 2. The van der Waals surface area contributed by atoms with Gasteiger partial charge in [0.25, 0.3) is 0 Å². The molecule has 0 saturated carbocycles. The molecule has 5 aromatic rings. The number of hydrogen-bond donors (Lipinski definition) is 0. The van der Waals surface area contributed by atoms with E-state index in [1.165, 1.54) is 37.6 Å². The predicted molar refractivity (Wildman–Crippen MR) is 174 cm³/mol. The van der Waals surface area contributed by atoms with Crippen LogP contribution in [0.25, 0.3) is 33.4 Å². The first-order chi connectivity index (χ1) is 20.8. The lowest BCUT2D eigenvalue weighted by Crippen LogP contribution is -2.41.